The molecule has 2 aromatic carbocycles. The highest BCUT2D eigenvalue weighted by molar-refractivity contribution is 7.07. The highest BCUT2D eigenvalue weighted by Crippen LogP contribution is 2.31. The number of hydrogen-bond donors (Lipinski definition) is 1. The molecule has 4 rings (SSSR count). The molecule has 35 heavy (non-hydrogen) atoms. The zero-order valence-corrected chi connectivity index (χ0v) is 22.2. The molecule has 1 aliphatic heterocycles. The van der Waals surface area contributed by atoms with Gasteiger partial charge >= 0.3 is 0 Å². The lowest BCUT2D eigenvalue weighted by Crippen LogP contribution is -2.47. The lowest BCUT2D eigenvalue weighted by molar-refractivity contribution is 0.0643. The summed E-state index contributed by atoms with van der Waals surface area (Å²) in [7, 11) is 0. The molecule has 2 N–H and O–H groups in total. The normalized spacial score (nSPS) is 16.1. The Hall–Kier alpha value is -2.67. The lowest BCUT2D eigenvalue weighted by atomic mass is 9.94. The van der Waals surface area contributed by atoms with E-state index in [1.54, 1.807) is 11.3 Å². The maximum Gasteiger partial charge on any atom is 0.254 e. The molecule has 1 aromatic heterocycles. The van der Waals surface area contributed by atoms with Gasteiger partial charge in [-0.1, -0.05) is 24.3 Å². The molecule has 0 spiro atoms. The number of carbonyl (C=O) groups excluding carboxylic acids is 1. The van der Waals surface area contributed by atoms with Gasteiger partial charge in [0.2, 0.25) is 0 Å². The van der Waals surface area contributed by atoms with Crippen molar-refractivity contribution in [2.45, 2.75) is 52.4 Å². The van der Waals surface area contributed by atoms with Gasteiger partial charge in [0.1, 0.15) is 0 Å². The molecular weight excluding hydrogens is 452 g/mol. The van der Waals surface area contributed by atoms with Crippen LogP contribution < -0.4 is 5.73 Å². The van der Waals surface area contributed by atoms with Crippen molar-refractivity contribution in [2.24, 2.45) is 0 Å². The van der Waals surface area contributed by atoms with Crippen LogP contribution in [0.4, 0.5) is 5.69 Å². The van der Waals surface area contributed by atoms with Crippen molar-refractivity contribution < 1.29 is 4.79 Å². The van der Waals surface area contributed by atoms with E-state index >= 15 is 0 Å². The summed E-state index contributed by atoms with van der Waals surface area (Å²) in [6.45, 7) is 13.3. The molecule has 1 amide bonds. The van der Waals surface area contributed by atoms with E-state index in [-0.39, 0.29) is 24.0 Å². The molecule has 5 nitrogen and oxygen atoms in total. The summed E-state index contributed by atoms with van der Waals surface area (Å²) >= 11 is 1.76. The lowest BCUT2D eigenvalue weighted by Gasteiger charge is -2.40. The Morgan fingerprint density at radius 2 is 1.63 bits per heavy atom. The first kappa shape index (κ1) is 25.4. The first-order valence-electron chi connectivity index (χ1n) is 12.6. The van der Waals surface area contributed by atoms with Crippen molar-refractivity contribution in [1.82, 2.24) is 14.7 Å². The maximum atomic E-state index is 13.2. The molecule has 1 fully saturated rings. The summed E-state index contributed by atoms with van der Waals surface area (Å²) in [6.07, 6.45) is 0. The summed E-state index contributed by atoms with van der Waals surface area (Å²) in [5.74, 6) is 0.0871. The Kier molecular flexibility index (Phi) is 8.26. The minimum atomic E-state index is 0.0871. The summed E-state index contributed by atoms with van der Waals surface area (Å²) in [5.41, 5.74) is 11.5. The molecule has 0 bridgehead atoms. The molecule has 0 aliphatic carbocycles. The van der Waals surface area contributed by atoms with Gasteiger partial charge < -0.3 is 10.6 Å². The van der Waals surface area contributed by atoms with Gasteiger partial charge in [-0.2, -0.15) is 11.3 Å². The molecule has 3 aromatic rings. The Morgan fingerprint density at radius 3 is 2.20 bits per heavy atom. The van der Waals surface area contributed by atoms with Gasteiger partial charge in [0.05, 0.1) is 6.04 Å². The SMILES string of the molecule is CC(C)N(C(=O)c1ccc(C(c2cccc(N)c2)N2CCN(Cc3ccsc3)CC2)cc1)C(C)C. The Labute approximate surface area is 214 Å². The van der Waals surface area contributed by atoms with Crippen LogP contribution in [0.25, 0.3) is 0 Å². The fourth-order valence-electron chi connectivity index (χ4n) is 5.19. The monoisotopic (exact) mass is 490 g/mol. The summed E-state index contributed by atoms with van der Waals surface area (Å²) in [6, 6.07) is 19.1. The number of rotatable bonds is 8. The quantitative estimate of drug-likeness (QED) is 0.424. The third-order valence-corrected chi connectivity index (χ3v) is 7.54. The second kappa shape index (κ2) is 11.4. The van der Waals surface area contributed by atoms with Crippen LogP contribution in [0, 0.1) is 0 Å². The average Bonchev–Trinajstić information content (AvgIpc) is 3.33. The third kappa shape index (κ3) is 6.13. The first-order chi connectivity index (χ1) is 16.8. The van der Waals surface area contributed by atoms with Crippen LogP contribution in [-0.4, -0.2) is 58.9 Å². The molecule has 1 aliphatic rings. The molecule has 1 atom stereocenters. The predicted molar refractivity (Wildman–Crippen MR) is 147 cm³/mol. The predicted octanol–water partition coefficient (Wildman–Crippen LogP) is 5.50. The summed E-state index contributed by atoms with van der Waals surface area (Å²) in [5, 5.41) is 4.39. The summed E-state index contributed by atoms with van der Waals surface area (Å²) in [4.78, 5) is 20.2. The van der Waals surface area contributed by atoms with Gasteiger partial charge in [-0.05, 0) is 85.5 Å². The van der Waals surface area contributed by atoms with E-state index in [4.69, 9.17) is 5.73 Å². The standard InChI is InChI=1S/C29H38N4OS/c1-21(2)33(22(3)4)29(34)25-10-8-24(9-11-25)28(26-6-5-7-27(30)18-26)32-15-13-31(14-16-32)19-23-12-17-35-20-23/h5-12,17-18,20-22,28H,13-16,19,30H2,1-4H3. The van der Waals surface area contributed by atoms with E-state index in [9.17, 15) is 4.79 Å². The molecule has 6 heteroatoms. The molecular formula is C29H38N4OS. The van der Waals surface area contributed by atoms with Crippen molar-refractivity contribution in [3.8, 4) is 0 Å². The highest BCUT2D eigenvalue weighted by Gasteiger charge is 2.28. The van der Waals surface area contributed by atoms with Gasteiger partial charge in [0.25, 0.3) is 5.91 Å². The zero-order chi connectivity index (χ0) is 24.9. The van der Waals surface area contributed by atoms with Crippen molar-refractivity contribution in [2.75, 3.05) is 31.9 Å². The average molecular weight is 491 g/mol. The fourth-order valence-corrected chi connectivity index (χ4v) is 5.85. The molecule has 2 heterocycles. The van der Waals surface area contributed by atoms with Crippen molar-refractivity contribution in [1.29, 1.82) is 0 Å². The molecule has 0 radical (unpaired) electrons. The molecule has 1 unspecified atom stereocenters. The minimum absolute atomic E-state index is 0.0871. The number of benzene rings is 2. The molecule has 0 saturated carbocycles. The Morgan fingerprint density at radius 1 is 0.943 bits per heavy atom. The van der Waals surface area contributed by atoms with E-state index in [0.29, 0.717) is 0 Å². The van der Waals surface area contributed by atoms with Crippen LogP contribution in [0.3, 0.4) is 0 Å². The third-order valence-electron chi connectivity index (χ3n) is 6.81. The van der Waals surface area contributed by atoms with Crippen LogP contribution in [0.5, 0.6) is 0 Å². The van der Waals surface area contributed by atoms with Gasteiger partial charge in [0, 0.05) is 56.1 Å². The van der Waals surface area contributed by atoms with Crippen molar-refractivity contribution >= 4 is 22.9 Å². The first-order valence-corrected chi connectivity index (χ1v) is 13.5. The van der Waals surface area contributed by atoms with Crippen LogP contribution in [0.1, 0.15) is 60.8 Å². The topological polar surface area (TPSA) is 52.8 Å². The van der Waals surface area contributed by atoms with Gasteiger partial charge in [-0.3, -0.25) is 14.6 Å². The second-order valence-electron chi connectivity index (χ2n) is 10.0. The van der Waals surface area contributed by atoms with E-state index in [1.807, 2.05) is 29.2 Å². The number of nitrogens with two attached hydrogens (primary N) is 1. The molecule has 1 saturated heterocycles. The van der Waals surface area contributed by atoms with E-state index in [2.05, 4.69) is 78.6 Å². The minimum Gasteiger partial charge on any atom is -0.399 e. The number of hydrogen-bond acceptors (Lipinski definition) is 5. The maximum absolute atomic E-state index is 13.2. The number of amides is 1. The number of piperazine rings is 1. The number of nitrogens with zero attached hydrogens (tertiary/aromatic N) is 3. The van der Waals surface area contributed by atoms with Crippen LogP contribution in [-0.2, 0) is 6.54 Å². The van der Waals surface area contributed by atoms with Gasteiger partial charge in [-0.25, -0.2) is 0 Å². The van der Waals surface area contributed by atoms with E-state index in [0.717, 1.165) is 44.0 Å². The van der Waals surface area contributed by atoms with Crippen LogP contribution in [0.15, 0.2) is 65.4 Å². The van der Waals surface area contributed by atoms with Gasteiger partial charge in [0.15, 0.2) is 0 Å². The number of carbonyl (C=O) groups is 1. The van der Waals surface area contributed by atoms with Crippen LogP contribution in [0.2, 0.25) is 0 Å². The Bertz CT molecular complexity index is 1080. The van der Waals surface area contributed by atoms with Crippen molar-refractivity contribution in [3.63, 3.8) is 0 Å². The highest BCUT2D eigenvalue weighted by atomic mass is 32.1. The zero-order valence-electron chi connectivity index (χ0n) is 21.4. The smallest absolute Gasteiger partial charge is 0.254 e. The fraction of sp³-hybridized carbons (Fsp3) is 0.414. The van der Waals surface area contributed by atoms with E-state index < -0.39 is 0 Å². The Balaban J connectivity index is 1.55. The summed E-state index contributed by atoms with van der Waals surface area (Å²) < 4.78 is 0. The number of anilines is 1. The number of thiophene rings is 1. The second-order valence-corrected chi connectivity index (χ2v) is 10.8. The molecule has 186 valence electrons. The largest absolute Gasteiger partial charge is 0.399 e. The van der Waals surface area contributed by atoms with Crippen molar-refractivity contribution in [3.05, 3.63) is 87.6 Å². The van der Waals surface area contributed by atoms with Gasteiger partial charge in [-0.15, -0.1) is 0 Å². The van der Waals surface area contributed by atoms with E-state index in [1.165, 1.54) is 16.7 Å². The number of nitrogen functional groups attached to an aromatic ring is 1. The van der Waals surface area contributed by atoms with Crippen LogP contribution >= 0.6 is 11.3 Å².